The van der Waals surface area contributed by atoms with Crippen molar-refractivity contribution in [3.63, 3.8) is 0 Å². The summed E-state index contributed by atoms with van der Waals surface area (Å²) in [4.78, 5) is 10.9. The highest BCUT2D eigenvalue weighted by atomic mass is 16.6. The van der Waals surface area contributed by atoms with E-state index in [1.54, 1.807) is 0 Å². The van der Waals surface area contributed by atoms with Crippen LogP contribution < -0.4 is 5.73 Å². The molecule has 1 saturated heterocycles. The van der Waals surface area contributed by atoms with Crippen molar-refractivity contribution in [1.29, 1.82) is 0 Å². The molecule has 0 aromatic heterocycles. The molecule has 7 atom stereocenters. The third-order valence-electron chi connectivity index (χ3n) is 5.99. The van der Waals surface area contributed by atoms with Gasteiger partial charge in [0, 0.05) is 6.61 Å². The first kappa shape index (κ1) is 14.0. The van der Waals surface area contributed by atoms with Gasteiger partial charge in [-0.15, -0.1) is 0 Å². The molecular weight excluding hydrogens is 270 g/mol. The van der Waals surface area contributed by atoms with Crippen LogP contribution >= 0.6 is 0 Å². The van der Waals surface area contributed by atoms with Crippen LogP contribution in [0.15, 0.2) is 0 Å². The fraction of sp³-hybridized carbons (Fsp3) is 0.938. The number of esters is 1. The van der Waals surface area contributed by atoms with Crippen LogP contribution in [0.2, 0.25) is 0 Å². The minimum atomic E-state index is -0.324. The molecule has 2 N–H and O–H groups in total. The van der Waals surface area contributed by atoms with Crippen molar-refractivity contribution >= 4 is 5.97 Å². The van der Waals surface area contributed by atoms with Gasteiger partial charge in [0.2, 0.25) is 0 Å². The standard InChI is InChI=1S/C16H25NO4/c17-8-14(18)20-4-2-1-3-19-12-6-9-5-11(12)15-10(9)7-13-16(15)21-13/h9-13,15-16H,1-8,17H2. The number of unbranched alkanes of at least 4 members (excludes halogenated alkanes) is 1. The van der Waals surface area contributed by atoms with Crippen LogP contribution in [-0.4, -0.2) is 44.0 Å². The van der Waals surface area contributed by atoms with E-state index in [9.17, 15) is 4.79 Å². The van der Waals surface area contributed by atoms with Crippen LogP contribution in [0.25, 0.3) is 0 Å². The van der Waals surface area contributed by atoms with E-state index < -0.39 is 0 Å². The second kappa shape index (κ2) is 5.52. The molecule has 4 aliphatic rings. The summed E-state index contributed by atoms with van der Waals surface area (Å²) in [5.74, 6) is 3.05. The Hall–Kier alpha value is -0.650. The summed E-state index contributed by atoms with van der Waals surface area (Å²) in [6.07, 6.45) is 7.36. The van der Waals surface area contributed by atoms with Gasteiger partial charge in [0.1, 0.15) is 0 Å². The maximum Gasteiger partial charge on any atom is 0.319 e. The molecule has 0 amide bonds. The summed E-state index contributed by atoms with van der Waals surface area (Å²) >= 11 is 0. The predicted molar refractivity (Wildman–Crippen MR) is 75.5 cm³/mol. The summed E-state index contributed by atoms with van der Waals surface area (Å²) in [7, 11) is 0. The molecule has 3 saturated carbocycles. The molecule has 0 aromatic rings. The Morgan fingerprint density at radius 2 is 2.00 bits per heavy atom. The number of carbonyl (C=O) groups excluding carboxylic acids is 1. The van der Waals surface area contributed by atoms with Gasteiger partial charge in [-0.3, -0.25) is 4.79 Å². The molecule has 4 fully saturated rings. The smallest absolute Gasteiger partial charge is 0.319 e. The number of nitrogens with two attached hydrogens (primary N) is 1. The Labute approximate surface area is 125 Å². The molecule has 0 aromatic carbocycles. The van der Waals surface area contributed by atoms with Crippen molar-refractivity contribution in [1.82, 2.24) is 0 Å². The Morgan fingerprint density at radius 3 is 2.86 bits per heavy atom. The zero-order valence-corrected chi connectivity index (χ0v) is 12.4. The third kappa shape index (κ3) is 2.49. The van der Waals surface area contributed by atoms with E-state index in [0.717, 1.165) is 43.1 Å². The van der Waals surface area contributed by atoms with Crippen molar-refractivity contribution in [2.45, 2.75) is 50.4 Å². The van der Waals surface area contributed by atoms with Gasteiger partial charge in [0.15, 0.2) is 0 Å². The highest BCUT2D eigenvalue weighted by molar-refractivity contribution is 5.71. The normalized spacial score (nSPS) is 45.5. The molecular formula is C16H25NO4. The van der Waals surface area contributed by atoms with E-state index in [0.29, 0.717) is 24.9 Å². The molecule has 7 unspecified atom stereocenters. The molecule has 3 aliphatic carbocycles. The van der Waals surface area contributed by atoms with Crippen molar-refractivity contribution in [3.05, 3.63) is 0 Å². The maximum absolute atomic E-state index is 10.9. The number of ether oxygens (including phenoxy) is 3. The summed E-state index contributed by atoms with van der Waals surface area (Å²) in [6.45, 7) is 1.20. The maximum atomic E-state index is 10.9. The number of fused-ring (bicyclic) bond motifs is 7. The SMILES string of the molecule is NCC(=O)OCCCCOC1CC2CC1C1C2CC2OC21. The minimum absolute atomic E-state index is 0.0333. The van der Waals surface area contributed by atoms with Gasteiger partial charge in [-0.2, -0.15) is 0 Å². The average Bonchev–Trinajstić information content (AvgIpc) is 2.87. The largest absolute Gasteiger partial charge is 0.465 e. The summed E-state index contributed by atoms with van der Waals surface area (Å²) < 4.78 is 16.8. The fourth-order valence-electron chi connectivity index (χ4n) is 5.12. The van der Waals surface area contributed by atoms with E-state index in [1.165, 1.54) is 19.3 Å². The number of epoxide rings is 1. The summed E-state index contributed by atoms with van der Waals surface area (Å²) in [5.41, 5.74) is 5.18. The van der Waals surface area contributed by atoms with Crippen LogP contribution in [0.1, 0.15) is 32.1 Å². The van der Waals surface area contributed by atoms with Gasteiger partial charge in [0.25, 0.3) is 0 Å². The van der Waals surface area contributed by atoms with E-state index in [1.807, 2.05) is 0 Å². The van der Waals surface area contributed by atoms with Crippen LogP contribution in [-0.2, 0) is 19.0 Å². The highest BCUT2D eigenvalue weighted by Gasteiger charge is 2.66. The molecule has 0 spiro atoms. The molecule has 2 bridgehead atoms. The van der Waals surface area contributed by atoms with Crippen molar-refractivity contribution in [2.24, 2.45) is 29.4 Å². The van der Waals surface area contributed by atoms with Crippen LogP contribution in [0.3, 0.4) is 0 Å². The molecule has 1 heterocycles. The molecule has 21 heavy (non-hydrogen) atoms. The molecule has 0 radical (unpaired) electrons. The lowest BCUT2D eigenvalue weighted by Crippen LogP contribution is -2.33. The first-order valence-corrected chi connectivity index (χ1v) is 8.40. The predicted octanol–water partition coefficient (Wildman–Crippen LogP) is 1.10. The second-order valence-corrected chi connectivity index (χ2v) is 7.05. The highest BCUT2D eigenvalue weighted by Crippen LogP contribution is 2.64. The van der Waals surface area contributed by atoms with Crippen molar-refractivity contribution in [2.75, 3.05) is 19.8 Å². The van der Waals surface area contributed by atoms with E-state index in [4.69, 9.17) is 19.9 Å². The van der Waals surface area contributed by atoms with Crippen molar-refractivity contribution < 1.29 is 19.0 Å². The Balaban J connectivity index is 1.15. The number of hydrogen-bond acceptors (Lipinski definition) is 5. The van der Waals surface area contributed by atoms with Crippen LogP contribution in [0.4, 0.5) is 0 Å². The number of rotatable bonds is 7. The zero-order valence-electron chi connectivity index (χ0n) is 12.4. The topological polar surface area (TPSA) is 74.1 Å². The van der Waals surface area contributed by atoms with Crippen LogP contribution in [0, 0.1) is 23.7 Å². The number of carbonyl (C=O) groups is 1. The summed E-state index contributed by atoms with van der Waals surface area (Å²) in [5, 5.41) is 0. The first-order chi connectivity index (χ1) is 10.3. The van der Waals surface area contributed by atoms with E-state index in [2.05, 4.69) is 0 Å². The quantitative estimate of drug-likeness (QED) is 0.432. The zero-order chi connectivity index (χ0) is 14.4. The molecule has 1 aliphatic heterocycles. The number of hydrogen-bond donors (Lipinski definition) is 1. The molecule has 4 rings (SSSR count). The lowest BCUT2D eigenvalue weighted by Gasteiger charge is -2.32. The van der Waals surface area contributed by atoms with Crippen LogP contribution in [0.5, 0.6) is 0 Å². The lowest BCUT2D eigenvalue weighted by atomic mass is 9.79. The van der Waals surface area contributed by atoms with Gasteiger partial charge < -0.3 is 19.9 Å². The Bertz CT molecular complexity index is 415. The van der Waals surface area contributed by atoms with E-state index >= 15 is 0 Å². The van der Waals surface area contributed by atoms with Gasteiger partial charge in [0.05, 0.1) is 31.5 Å². The Kier molecular flexibility index (Phi) is 3.67. The first-order valence-electron chi connectivity index (χ1n) is 8.40. The summed E-state index contributed by atoms with van der Waals surface area (Å²) in [6, 6.07) is 0. The third-order valence-corrected chi connectivity index (χ3v) is 5.99. The molecule has 5 heteroatoms. The van der Waals surface area contributed by atoms with Gasteiger partial charge in [-0.25, -0.2) is 0 Å². The van der Waals surface area contributed by atoms with Gasteiger partial charge in [-0.1, -0.05) is 0 Å². The lowest BCUT2D eigenvalue weighted by molar-refractivity contribution is -0.142. The minimum Gasteiger partial charge on any atom is -0.465 e. The fourth-order valence-corrected chi connectivity index (χ4v) is 5.12. The average molecular weight is 295 g/mol. The monoisotopic (exact) mass is 295 g/mol. The van der Waals surface area contributed by atoms with E-state index in [-0.39, 0.29) is 12.5 Å². The second-order valence-electron chi connectivity index (χ2n) is 7.05. The van der Waals surface area contributed by atoms with Crippen molar-refractivity contribution in [3.8, 4) is 0 Å². The molecule has 5 nitrogen and oxygen atoms in total. The van der Waals surface area contributed by atoms with Gasteiger partial charge in [-0.05, 0) is 55.8 Å². The van der Waals surface area contributed by atoms with Gasteiger partial charge >= 0.3 is 5.97 Å². The Morgan fingerprint density at radius 1 is 1.14 bits per heavy atom. The molecule has 118 valence electrons.